The van der Waals surface area contributed by atoms with Crippen molar-refractivity contribution in [1.29, 1.82) is 0 Å². The summed E-state index contributed by atoms with van der Waals surface area (Å²) in [6, 6.07) is 27.4. The molecule has 0 radical (unpaired) electrons. The van der Waals surface area contributed by atoms with Crippen LogP contribution in [0, 0.1) is 0 Å². The van der Waals surface area contributed by atoms with Gasteiger partial charge < -0.3 is 8.98 Å². The number of hydrogen-bond acceptors (Lipinski definition) is 2. The quantitative estimate of drug-likeness (QED) is 0.469. The molecule has 26 heavy (non-hydrogen) atoms. The van der Waals surface area contributed by atoms with Crippen molar-refractivity contribution in [1.82, 2.24) is 0 Å². The molecule has 3 aromatic carbocycles. The average molecular weight is 360 g/mol. The molecule has 0 N–H and O–H groups in total. The number of para-hydroxylation sites is 1. The van der Waals surface area contributed by atoms with E-state index in [9.17, 15) is 4.57 Å². The third-order valence-electron chi connectivity index (χ3n) is 4.67. The fraction of sp³-hybridized carbons (Fsp3) is 0.130. The Balaban J connectivity index is 2.14. The largest absolute Gasteiger partial charge is 0.460 e. The summed E-state index contributed by atoms with van der Waals surface area (Å²) in [5.41, 5.74) is 0.790. The highest BCUT2D eigenvalue weighted by molar-refractivity contribution is 7.85. The van der Waals surface area contributed by atoms with Gasteiger partial charge >= 0.3 is 0 Å². The molecular formula is C23H21O2P. The van der Waals surface area contributed by atoms with Crippen LogP contribution < -0.4 is 15.9 Å². The van der Waals surface area contributed by atoms with Crippen molar-refractivity contribution < 1.29 is 8.98 Å². The van der Waals surface area contributed by atoms with Gasteiger partial charge in [-0.15, -0.1) is 0 Å². The molecule has 0 saturated heterocycles. The lowest BCUT2D eigenvalue weighted by molar-refractivity contribution is 0.524. The summed E-state index contributed by atoms with van der Waals surface area (Å²) >= 11 is 0. The second-order valence-electron chi connectivity index (χ2n) is 6.75. The molecule has 0 amide bonds. The molecule has 3 heteroatoms. The summed E-state index contributed by atoms with van der Waals surface area (Å²) in [6.45, 7) is 4.17. The first kappa shape index (κ1) is 16.9. The van der Waals surface area contributed by atoms with Gasteiger partial charge in [0.2, 0.25) is 0 Å². The van der Waals surface area contributed by atoms with Crippen molar-refractivity contribution in [2.45, 2.75) is 19.8 Å². The minimum atomic E-state index is -3.06. The molecule has 130 valence electrons. The summed E-state index contributed by atoms with van der Waals surface area (Å²) in [4.78, 5) is 0. The third kappa shape index (κ3) is 2.62. The minimum absolute atomic E-state index is 0.137. The number of benzene rings is 3. The second-order valence-corrected chi connectivity index (χ2v) is 9.44. The molecule has 0 atom stereocenters. The topological polar surface area (TPSA) is 30.2 Å². The Labute approximate surface area is 153 Å². The average Bonchev–Trinajstić information content (AvgIpc) is 3.09. The van der Waals surface area contributed by atoms with E-state index in [-0.39, 0.29) is 5.92 Å². The van der Waals surface area contributed by atoms with Gasteiger partial charge in [0.05, 0.1) is 5.30 Å². The number of fused-ring (bicyclic) bond motifs is 1. The van der Waals surface area contributed by atoms with Gasteiger partial charge in [0.25, 0.3) is 0 Å². The van der Waals surface area contributed by atoms with Crippen LogP contribution in [-0.2, 0) is 4.57 Å². The Hall–Kier alpha value is -2.57. The van der Waals surface area contributed by atoms with E-state index in [1.165, 1.54) is 0 Å². The zero-order chi connectivity index (χ0) is 18.1. The van der Waals surface area contributed by atoms with Crippen molar-refractivity contribution in [3.05, 3.63) is 90.7 Å². The Morgan fingerprint density at radius 3 is 1.77 bits per heavy atom. The molecule has 2 nitrogen and oxygen atoms in total. The summed E-state index contributed by atoms with van der Waals surface area (Å²) < 4.78 is 20.9. The third-order valence-corrected chi connectivity index (χ3v) is 7.82. The van der Waals surface area contributed by atoms with Crippen LogP contribution in [0.4, 0.5) is 0 Å². The van der Waals surface area contributed by atoms with Crippen LogP contribution in [0.1, 0.15) is 25.5 Å². The van der Waals surface area contributed by atoms with E-state index in [0.29, 0.717) is 0 Å². The van der Waals surface area contributed by atoms with Gasteiger partial charge in [-0.25, -0.2) is 0 Å². The van der Waals surface area contributed by atoms with Crippen LogP contribution in [-0.4, -0.2) is 0 Å². The normalized spacial score (nSPS) is 12.0. The zero-order valence-corrected chi connectivity index (χ0v) is 15.8. The second kappa shape index (κ2) is 6.63. The monoisotopic (exact) mass is 360 g/mol. The van der Waals surface area contributed by atoms with Crippen LogP contribution in [0.3, 0.4) is 0 Å². The summed E-state index contributed by atoms with van der Waals surface area (Å²) in [5.74, 6) is 0.945. The van der Waals surface area contributed by atoms with E-state index in [2.05, 4.69) is 13.8 Å². The Kier molecular flexibility index (Phi) is 4.30. The smallest absolute Gasteiger partial charge is 0.175 e. The first-order valence-corrected chi connectivity index (χ1v) is 10.6. The molecule has 1 heterocycles. The van der Waals surface area contributed by atoms with E-state index < -0.39 is 7.14 Å². The van der Waals surface area contributed by atoms with Gasteiger partial charge in [0.15, 0.2) is 7.14 Å². The Morgan fingerprint density at radius 1 is 0.731 bits per heavy atom. The van der Waals surface area contributed by atoms with Crippen molar-refractivity contribution in [3.8, 4) is 0 Å². The SMILES string of the molecule is CC(C)c1oc2ccccc2c1P(=O)(c1ccccc1)c1ccccc1. The number of rotatable bonds is 4. The van der Waals surface area contributed by atoms with Gasteiger partial charge in [-0.2, -0.15) is 0 Å². The fourth-order valence-electron chi connectivity index (χ4n) is 3.45. The van der Waals surface area contributed by atoms with E-state index in [0.717, 1.165) is 32.6 Å². The first-order chi connectivity index (χ1) is 12.6. The van der Waals surface area contributed by atoms with Crippen molar-refractivity contribution in [2.24, 2.45) is 0 Å². The standard InChI is InChI=1S/C23H21O2P/c1-17(2)22-23(20-15-9-10-16-21(20)25-22)26(24,18-11-5-3-6-12-18)19-13-7-4-8-14-19/h3-17H,1-2H3. The molecule has 0 aliphatic rings. The lowest BCUT2D eigenvalue weighted by Gasteiger charge is -2.21. The molecule has 0 aliphatic heterocycles. The van der Waals surface area contributed by atoms with Gasteiger partial charge in [-0.05, 0) is 6.07 Å². The highest BCUT2D eigenvalue weighted by Gasteiger charge is 2.36. The van der Waals surface area contributed by atoms with Gasteiger partial charge in [0, 0.05) is 21.9 Å². The van der Waals surface area contributed by atoms with Gasteiger partial charge in [0.1, 0.15) is 11.3 Å². The predicted octanol–water partition coefficient (Wildman–Crippen LogP) is 5.20. The molecular weight excluding hydrogens is 339 g/mol. The van der Waals surface area contributed by atoms with Crippen LogP contribution >= 0.6 is 7.14 Å². The molecule has 0 unspecified atom stereocenters. The van der Waals surface area contributed by atoms with Crippen LogP contribution in [0.25, 0.3) is 11.0 Å². The predicted molar refractivity (Wildman–Crippen MR) is 110 cm³/mol. The highest BCUT2D eigenvalue weighted by atomic mass is 31.2. The summed E-state index contributed by atoms with van der Waals surface area (Å²) in [6.07, 6.45) is 0. The van der Waals surface area contributed by atoms with Crippen LogP contribution in [0.15, 0.2) is 89.3 Å². The van der Waals surface area contributed by atoms with Crippen molar-refractivity contribution in [3.63, 3.8) is 0 Å². The van der Waals surface area contributed by atoms with E-state index in [1.807, 2.05) is 84.9 Å². The molecule has 0 spiro atoms. The van der Waals surface area contributed by atoms with E-state index >= 15 is 0 Å². The molecule has 0 aliphatic carbocycles. The van der Waals surface area contributed by atoms with E-state index in [4.69, 9.17) is 4.42 Å². The first-order valence-electron chi connectivity index (χ1n) is 8.85. The molecule has 0 bridgehead atoms. The molecule has 0 saturated carbocycles. The Bertz CT molecular complexity index is 1040. The summed E-state index contributed by atoms with van der Waals surface area (Å²) in [5, 5.41) is 3.44. The van der Waals surface area contributed by atoms with E-state index in [1.54, 1.807) is 0 Å². The van der Waals surface area contributed by atoms with Gasteiger partial charge in [-0.3, -0.25) is 0 Å². The number of hydrogen-bond donors (Lipinski definition) is 0. The zero-order valence-electron chi connectivity index (χ0n) is 14.9. The maximum absolute atomic E-state index is 14.8. The molecule has 1 aromatic heterocycles. The maximum Gasteiger partial charge on any atom is 0.175 e. The van der Waals surface area contributed by atoms with Crippen molar-refractivity contribution >= 4 is 34.0 Å². The molecule has 4 aromatic rings. The highest BCUT2D eigenvalue weighted by Crippen LogP contribution is 2.47. The lowest BCUT2D eigenvalue weighted by Crippen LogP contribution is -2.27. The molecule has 0 fully saturated rings. The molecule has 4 rings (SSSR count). The van der Waals surface area contributed by atoms with Crippen LogP contribution in [0.2, 0.25) is 0 Å². The summed E-state index contributed by atoms with van der Waals surface area (Å²) in [7, 11) is -3.06. The minimum Gasteiger partial charge on any atom is -0.460 e. The lowest BCUT2D eigenvalue weighted by atomic mass is 10.1. The number of furan rings is 1. The van der Waals surface area contributed by atoms with Crippen LogP contribution in [0.5, 0.6) is 0 Å². The van der Waals surface area contributed by atoms with Crippen molar-refractivity contribution in [2.75, 3.05) is 0 Å². The Morgan fingerprint density at radius 2 is 1.23 bits per heavy atom. The fourth-order valence-corrected chi connectivity index (χ4v) is 6.59. The van der Waals surface area contributed by atoms with Gasteiger partial charge in [-0.1, -0.05) is 92.7 Å². The maximum atomic E-state index is 14.8.